The smallest absolute Gasteiger partial charge is 0.229 e. The van der Waals surface area contributed by atoms with E-state index in [0.717, 1.165) is 16.8 Å². The van der Waals surface area contributed by atoms with Crippen molar-refractivity contribution in [3.05, 3.63) is 59.3 Å². The maximum atomic E-state index is 11.9. The molecule has 1 amide bonds. The van der Waals surface area contributed by atoms with Crippen LogP contribution in [0.25, 0.3) is 0 Å². The number of carbonyl (C=O) groups excluding carboxylic acids is 1. The summed E-state index contributed by atoms with van der Waals surface area (Å²) in [5, 5.41) is 2.81. The van der Waals surface area contributed by atoms with Crippen LogP contribution < -0.4 is 5.32 Å². The van der Waals surface area contributed by atoms with E-state index in [1.807, 2.05) is 50.2 Å². The third-order valence-corrected chi connectivity index (χ3v) is 2.77. The molecule has 1 N–H and O–H groups in total. The molecule has 2 aromatic rings. The second-order valence-corrected chi connectivity index (χ2v) is 4.32. The van der Waals surface area contributed by atoms with E-state index in [4.69, 9.17) is 0 Å². The van der Waals surface area contributed by atoms with Gasteiger partial charge >= 0.3 is 0 Å². The van der Waals surface area contributed by atoms with Crippen LogP contribution >= 0.6 is 0 Å². The summed E-state index contributed by atoms with van der Waals surface area (Å²) in [6, 6.07) is 13.5. The lowest BCUT2D eigenvalue weighted by atomic mass is 10.1. The molecule has 0 radical (unpaired) electrons. The zero-order chi connectivity index (χ0) is 13.0. The molecule has 18 heavy (non-hydrogen) atoms. The first kappa shape index (κ1) is 12.3. The molecular weight excluding hydrogens is 224 g/mol. The van der Waals surface area contributed by atoms with E-state index >= 15 is 0 Å². The van der Waals surface area contributed by atoms with E-state index in [1.54, 1.807) is 6.07 Å². The number of nitrogens with zero attached hydrogens (tertiary/aromatic N) is 1. The van der Waals surface area contributed by atoms with Crippen molar-refractivity contribution in [2.75, 3.05) is 5.32 Å². The highest BCUT2D eigenvalue weighted by molar-refractivity contribution is 5.91. The van der Waals surface area contributed by atoms with Gasteiger partial charge in [-0.3, -0.25) is 4.79 Å². The zero-order valence-electron chi connectivity index (χ0n) is 10.6. The summed E-state index contributed by atoms with van der Waals surface area (Å²) in [6.45, 7) is 3.91. The normalized spacial score (nSPS) is 10.1. The number of aryl methyl sites for hydroxylation is 2. The van der Waals surface area contributed by atoms with Crippen molar-refractivity contribution in [3.8, 4) is 0 Å². The standard InChI is InChI=1S/C15H16N2O/c1-11-6-3-4-8-13(11)10-15(18)17-14-9-5-7-12(2)16-14/h3-9H,10H2,1-2H3,(H,16,17,18). The fourth-order valence-electron chi connectivity index (χ4n) is 1.78. The average molecular weight is 240 g/mol. The molecule has 0 fully saturated rings. The monoisotopic (exact) mass is 240 g/mol. The first-order valence-electron chi connectivity index (χ1n) is 5.93. The van der Waals surface area contributed by atoms with Gasteiger partial charge in [-0.2, -0.15) is 0 Å². The predicted octanol–water partition coefficient (Wildman–Crippen LogP) is 2.88. The Morgan fingerprint density at radius 1 is 1.11 bits per heavy atom. The number of hydrogen-bond donors (Lipinski definition) is 1. The number of rotatable bonds is 3. The quantitative estimate of drug-likeness (QED) is 0.896. The van der Waals surface area contributed by atoms with E-state index < -0.39 is 0 Å². The van der Waals surface area contributed by atoms with Gasteiger partial charge < -0.3 is 5.32 Å². The van der Waals surface area contributed by atoms with Gasteiger partial charge in [0.05, 0.1) is 6.42 Å². The number of carbonyl (C=O) groups is 1. The van der Waals surface area contributed by atoms with Crippen LogP contribution in [0.3, 0.4) is 0 Å². The number of anilines is 1. The molecule has 1 heterocycles. The third-order valence-electron chi connectivity index (χ3n) is 2.77. The van der Waals surface area contributed by atoms with Crippen LogP contribution in [0.15, 0.2) is 42.5 Å². The lowest BCUT2D eigenvalue weighted by molar-refractivity contribution is -0.115. The van der Waals surface area contributed by atoms with Gasteiger partial charge in [-0.1, -0.05) is 30.3 Å². The first-order chi connectivity index (χ1) is 8.65. The van der Waals surface area contributed by atoms with Crippen LogP contribution in [0.5, 0.6) is 0 Å². The SMILES string of the molecule is Cc1cccc(NC(=O)Cc2ccccc2C)n1. The summed E-state index contributed by atoms with van der Waals surface area (Å²) < 4.78 is 0. The van der Waals surface area contributed by atoms with Gasteiger partial charge in [0.25, 0.3) is 0 Å². The second kappa shape index (κ2) is 5.45. The fraction of sp³-hybridized carbons (Fsp3) is 0.200. The Morgan fingerprint density at radius 3 is 2.61 bits per heavy atom. The third kappa shape index (κ3) is 3.17. The summed E-state index contributed by atoms with van der Waals surface area (Å²) in [7, 11) is 0. The minimum Gasteiger partial charge on any atom is -0.310 e. The molecule has 0 saturated carbocycles. The van der Waals surface area contributed by atoms with Crippen LogP contribution in [0.1, 0.15) is 16.8 Å². The number of nitrogens with one attached hydrogen (secondary N) is 1. The van der Waals surface area contributed by atoms with Crippen LogP contribution in [-0.4, -0.2) is 10.9 Å². The summed E-state index contributed by atoms with van der Waals surface area (Å²) in [5.74, 6) is 0.566. The van der Waals surface area contributed by atoms with Crippen molar-refractivity contribution in [1.82, 2.24) is 4.98 Å². The number of pyridine rings is 1. The topological polar surface area (TPSA) is 42.0 Å². The van der Waals surface area contributed by atoms with Crippen LogP contribution in [0, 0.1) is 13.8 Å². The highest BCUT2D eigenvalue weighted by Gasteiger charge is 2.06. The highest BCUT2D eigenvalue weighted by atomic mass is 16.1. The molecule has 0 aliphatic heterocycles. The second-order valence-electron chi connectivity index (χ2n) is 4.32. The molecule has 3 nitrogen and oxygen atoms in total. The molecule has 1 aromatic carbocycles. The van der Waals surface area contributed by atoms with E-state index in [9.17, 15) is 4.79 Å². The average Bonchev–Trinajstić information content (AvgIpc) is 2.32. The lowest BCUT2D eigenvalue weighted by Crippen LogP contribution is -2.16. The van der Waals surface area contributed by atoms with Gasteiger partial charge in [0.2, 0.25) is 5.91 Å². The van der Waals surface area contributed by atoms with Crippen molar-refractivity contribution in [1.29, 1.82) is 0 Å². The minimum absolute atomic E-state index is 0.0394. The number of hydrogen-bond acceptors (Lipinski definition) is 2. The predicted molar refractivity (Wildman–Crippen MR) is 72.5 cm³/mol. The van der Waals surface area contributed by atoms with Crippen molar-refractivity contribution >= 4 is 11.7 Å². The van der Waals surface area contributed by atoms with Crippen LogP contribution in [-0.2, 0) is 11.2 Å². The molecule has 92 valence electrons. The van der Waals surface area contributed by atoms with Gasteiger partial charge in [0, 0.05) is 5.69 Å². The van der Waals surface area contributed by atoms with Gasteiger partial charge in [-0.15, -0.1) is 0 Å². The Bertz CT molecular complexity index is 564. The molecule has 0 atom stereocenters. The van der Waals surface area contributed by atoms with Crippen molar-refractivity contribution in [2.24, 2.45) is 0 Å². The van der Waals surface area contributed by atoms with E-state index in [2.05, 4.69) is 10.3 Å². The number of benzene rings is 1. The zero-order valence-corrected chi connectivity index (χ0v) is 10.6. The molecule has 1 aromatic heterocycles. The summed E-state index contributed by atoms with van der Waals surface area (Å²) in [6.07, 6.45) is 0.377. The van der Waals surface area contributed by atoms with E-state index in [1.165, 1.54) is 0 Å². The van der Waals surface area contributed by atoms with Crippen molar-refractivity contribution in [3.63, 3.8) is 0 Å². The van der Waals surface area contributed by atoms with Gasteiger partial charge in [-0.05, 0) is 37.1 Å². The molecule has 3 heteroatoms. The van der Waals surface area contributed by atoms with Gasteiger partial charge in [-0.25, -0.2) is 4.98 Å². The minimum atomic E-state index is -0.0394. The Balaban J connectivity index is 2.03. The summed E-state index contributed by atoms with van der Waals surface area (Å²) in [5.41, 5.74) is 3.07. The Kier molecular flexibility index (Phi) is 3.72. The summed E-state index contributed by atoms with van der Waals surface area (Å²) >= 11 is 0. The number of amides is 1. The molecule has 0 bridgehead atoms. The van der Waals surface area contributed by atoms with Crippen LogP contribution in [0.2, 0.25) is 0 Å². The lowest BCUT2D eigenvalue weighted by Gasteiger charge is -2.07. The number of aromatic nitrogens is 1. The van der Waals surface area contributed by atoms with Gasteiger partial charge in [0.1, 0.15) is 5.82 Å². The first-order valence-corrected chi connectivity index (χ1v) is 5.93. The fourth-order valence-corrected chi connectivity index (χ4v) is 1.78. The largest absolute Gasteiger partial charge is 0.310 e. The molecule has 0 spiro atoms. The van der Waals surface area contributed by atoms with Crippen LogP contribution in [0.4, 0.5) is 5.82 Å². The maximum Gasteiger partial charge on any atom is 0.229 e. The van der Waals surface area contributed by atoms with E-state index in [0.29, 0.717) is 12.2 Å². The Morgan fingerprint density at radius 2 is 1.89 bits per heavy atom. The molecule has 0 aliphatic carbocycles. The van der Waals surface area contributed by atoms with Crippen molar-refractivity contribution in [2.45, 2.75) is 20.3 Å². The Hall–Kier alpha value is -2.16. The van der Waals surface area contributed by atoms with Crippen molar-refractivity contribution < 1.29 is 4.79 Å². The highest BCUT2D eigenvalue weighted by Crippen LogP contribution is 2.09. The van der Waals surface area contributed by atoms with Gasteiger partial charge in [0.15, 0.2) is 0 Å². The van der Waals surface area contributed by atoms with E-state index in [-0.39, 0.29) is 5.91 Å². The summed E-state index contributed by atoms with van der Waals surface area (Å²) in [4.78, 5) is 16.1. The Labute approximate surface area is 107 Å². The molecule has 2 rings (SSSR count). The molecule has 0 saturated heterocycles. The molecular formula is C15H16N2O. The maximum absolute atomic E-state index is 11.9. The molecule has 0 unspecified atom stereocenters. The molecule has 0 aliphatic rings.